The molecule has 2 rings (SSSR count). The Labute approximate surface area is 140 Å². The van der Waals surface area contributed by atoms with E-state index in [4.69, 9.17) is 23.2 Å². The predicted octanol–water partition coefficient (Wildman–Crippen LogP) is 6.91. The molecule has 0 unspecified atom stereocenters. The molecule has 2 aromatic carbocycles. The molecule has 99 valence electrons. The van der Waals surface area contributed by atoms with Crippen molar-refractivity contribution in [2.45, 2.75) is 20.8 Å². The summed E-state index contributed by atoms with van der Waals surface area (Å²) in [4.78, 5) is 0. The van der Waals surface area contributed by atoms with Crippen LogP contribution < -0.4 is 0 Å². The van der Waals surface area contributed by atoms with E-state index in [9.17, 15) is 0 Å². The van der Waals surface area contributed by atoms with Crippen LogP contribution in [0.4, 0.5) is 0 Å². The van der Waals surface area contributed by atoms with E-state index >= 15 is 0 Å². The number of hydrogen-bond donors (Lipinski definition) is 0. The van der Waals surface area contributed by atoms with E-state index in [1.54, 1.807) is 0 Å². The Balaban J connectivity index is 2.80. The first-order chi connectivity index (χ1) is 8.82. The third kappa shape index (κ3) is 2.87. The van der Waals surface area contributed by atoms with Gasteiger partial charge in [0, 0.05) is 16.1 Å². The molecule has 0 aliphatic heterocycles. The number of halogens is 4. The van der Waals surface area contributed by atoms with E-state index in [2.05, 4.69) is 70.8 Å². The Hall–Kier alpha value is -0.0200. The molecule has 0 aromatic heterocycles. The van der Waals surface area contributed by atoms with Gasteiger partial charge in [-0.3, -0.25) is 0 Å². The summed E-state index contributed by atoms with van der Waals surface area (Å²) in [6.45, 7) is 6.24. The zero-order valence-electron chi connectivity index (χ0n) is 10.7. The summed E-state index contributed by atoms with van der Waals surface area (Å²) in [5.41, 5.74) is 5.56. The number of hydrogen-bond acceptors (Lipinski definition) is 0. The lowest BCUT2D eigenvalue weighted by atomic mass is 9.94. The first-order valence-corrected chi connectivity index (χ1v) is 8.00. The summed E-state index contributed by atoms with van der Waals surface area (Å²) in [5.74, 6) is 0. The number of rotatable bonds is 1. The van der Waals surface area contributed by atoms with E-state index in [1.807, 2.05) is 0 Å². The predicted molar refractivity (Wildman–Crippen MR) is 90.3 cm³/mol. The van der Waals surface area contributed by atoms with Gasteiger partial charge in [-0.1, -0.05) is 40.9 Å². The second kappa shape index (κ2) is 5.77. The molecule has 0 aliphatic carbocycles. The van der Waals surface area contributed by atoms with Crippen LogP contribution in [0.5, 0.6) is 0 Å². The lowest BCUT2D eigenvalue weighted by Gasteiger charge is -2.15. The molecular formula is C15H11Br2Cl2. The van der Waals surface area contributed by atoms with Crippen LogP contribution in [-0.4, -0.2) is 0 Å². The molecule has 0 nitrogen and oxygen atoms in total. The van der Waals surface area contributed by atoms with Gasteiger partial charge >= 0.3 is 0 Å². The van der Waals surface area contributed by atoms with Gasteiger partial charge in [0.15, 0.2) is 0 Å². The summed E-state index contributed by atoms with van der Waals surface area (Å²) >= 11 is 19.4. The Morgan fingerprint density at radius 1 is 0.947 bits per heavy atom. The molecule has 0 saturated heterocycles. The molecule has 0 aliphatic rings. The fourth-order valence-electron chi connectivity index (χ4n) is 2.27. The molecule has 0 amide bonds. The fraction of sp³-hybridized carbons (Fsp3) is 0.200. The van der Waals surface area contributed by atoms with Crippen molar-refractivity contribution in [3.8, 4) is 11.1 Å². The van der Waals surface area contributed by atoms with Crippen molar-refractivity contribution in [2.75, 3.05) is 0 Å². The largest absolute Gasteiger partial charge is 0.0823 e. The second-order valence-electron chi connectivity index (χ2n) is 4.53. The Kier molecular flexibility index (Phi) is 4.67. The quantitative estimate of drug-likeness (QED) is 0.346. The highest BCUT2D eigenvalue weighted by Crippen LogP contribution is 2.43. The first-order valence-electron chi connectivity index (χ1n) is 5.66. The van der Waals surface area contributed by atoms with Crippen molar-refractivity contribution >= 4 is 55.1 Å². The monoisotopic (exact) mass is 419 g/mol. The summed E-state index contributed by atoms with van der Waals surface area (Å²) in [7, 11) is 0. The van der Waals surface area contributed by atoms with Crippen LogP contribution in [0.15, 0.2) is 21.1 Å². The minimum atomic E-state index is 0.538. The van der Waals surface area contributed by atoms with Gasteiger partial charge in [-0.2, -0.15) is 0 Å². The second-order valence-corrected chi connectivity index (χ2v) is 6.87. The van der Waals surface area contributed by atoms with Gasteiger partial charge in [-0.05, 0) is 69.3 Å². The molecule has 0 saturated carbocycles. The van der Waals surface area contributed by atoms with Crippen LogP contribution in [0.3, 0.4) is 0 Å². The highest BCUT2D eigenvalue weighted by Gasteiger charge is 2.17. The zero-order valence-corrected chi connectivity index (χ0v) is 15.4. The van der Waals surface area contributed by atoms with Crippen molar-refractivity contribution in [2.24, 2.45) is 0 Å². The standard InChI is InChI=1S/C15H11Br2Cl2/c1-7-4-8(2)12(9(3)5-7)10-6-11(16)15(19)13(17)14(10)18/h4-5H,1-3H3. The van der Waals surface area contributed by atoms with Crippen molar-refractivity contribution in [3.63, 3.8) is 0 Å². The summed E-state index contributed by atoms with van der Waals surface area (Å²) in [6, 6.07) is 7.51. The van der Waals surface area contributed by atoms with E-state index in [-0.39, 0.29) is 0 Å². The zero-order chi connectivity index (χ0) is 14.3. The van der Waals surface area contributed by atoms with Gasteiger partial charge in [0.25, 0.3) is 0 Å². The normalized spacial score (nSPS) is 10.9. The molecule has 0 fully saturated rings. The van der Waals surface area contributed by atoms with Crippen molar-refractivity contribution in [1.29, 1.82) is 0 Å². The Morgan fingerprint density at radius 3 is 2.00 bits per heavy atom. The highest BCUT2D eigenvalue weighted by atomic mass is 79.9. The minimum absolute atomic E-state index is 0.538. The van der Waals surface area contributed by atoms with E-state index in [1.165, 1.54) is 16.7 Å². The van der Waals surface area contributed by atoms with Crippen LogP contribution in [0.25, 0.3) is 11.1 Å². The number of aryl methyl sites for hydroxylation is 3. The van der Waals surface area contributed by atoms with Crippen LogP contribution in [-0.2, 0) is 0 Å². The van der Waals surface area contributed by atoms with Gasteiger partial charge in [0.05, 0.1) is 14.5 Å². The van der Waals surface area contributed by atoms with Crippen LogP contribution >= 0.6 is 55.1 Å². The topological polar surface area (TPSA) is 0 Å². The van der Waals surface area contributed by atoms with Gasteiger partial charge in [0.1, 0.15) is 0 Å². The lowest BCUT2D eigenvalue weighted by Crippen LogP contribution is -1.92. The van der Waals surface area contributed by atoms with Crippen molar-refractivity contribution < 1.29 is 0 Å². The van der Waals surface area contributed by atoms with Gasteiger partial charge in [0.2, 0.25) is 0 Å². The third-order valence-electron chi connectivity index (χ3n) is 2.96. The smallest absolute Gasteiger partial charge is 0.0711 e. The molecule has 0 spiro atoms. The maximum Gasteiger partial charge on any atom is 0.0711 e. The molecule has 0 N–H and O–H groups in total. The number of benzene rings is 2. The summed E-state index contributed by atoms with van der Waals surface area (Å²) in [5, 5.41) is 1.12. The summed E-state index contributed by atoms with van der Waals surface area (Å²) in [6.07, 6.45) is 0. The molecule has 4 heteroatoms. The molecule has 0 atom stereocenters. The molecular weight excluding hydrogens is 411 g/mol. The molecule has 1 radical (unpaired) electrons. The van der Waals surface area contributed by atoms with Crippen LogP contribution in [0, 0.1) is 26.8 Å². The SMILES string of the molecule is Cc1cc(C)c(-c2[c]c(Br)c(Cl)c(Br)c2Cl)c(C)c1. The van der Waals surface area contributed by atoms with Gasteiger partial charge in [-0.15, -0.1) is 0 Å². The molecule has 19 heavy (non-hydrogen) atoms. The fourth-order valence-corrected chi connectivity index (χ4v) is 3.75. The van der Waals surface area contributed by atoms with E-state index < -0.39 is 0 Å². The lowest BCUT2D eigenvalue weighted by molar-refractivity contribution is 1.32. The van der Waals surface area contributed by atoms with E-state index in [0.29, 0.717) is 19.0 Å². The average molecular weight is 422 g/mol. The van der Waals surface area contributed by atoms with Gasteiger partial charge < -0.3 is 0 Å². The highest BCUT2D eigenvalue weighted by molar-refractivity contribution is 9.11. The molecule has 2 aromatic rings. The van der Waals surface area contributed by atoms with Gasteiger partial charge in [-0.25, -0.2) is 0 Å². The maximum absolute atomic E-state index is 6.41. The van der Waals surface area contributed by atoms with Crippen LogP contribution in [0.2, 0.25) is 10.0 Å². The van der Waals surface area contributed by atoms with E-state index in [0.717, 1.165) is 11.1 Å². The molecule has 0 heterocycles. The van der Waals surface area contributed by atoms with Crippen LogP contribution in [0.1, 0.15) is 16.7 Å². The minimum Gasteiger partial charge on any atom is -0.0823 e. The van der Waals surface area contributed by atoms with Crippen molar-refractivity contribution in [1.82, 2.24) is 0 Å². The molecule has 0 bridgehead atoms. The Morgan fingerprint density at radius 2 is 1.47 bits per heavy atom. The first kappa shape index (κ1) is 15.4. The summed E-state index contributed by atoms with van der Waals surface area (Å²) < 4.78 is 1.40. The maximum atomic E-state index is 6.41. The third-order valence-corrected chi connectivity index (χ3v) is 5.79. The Bertz CT molecular complexity index is 641. The average Bonchev–Trinajstić information content (AvgIpc) is 2.31. The van der Waals surface area contributed by atoms with Crippen molar-refractivity contribution in [3.05, 3.63) is 53.9 Å².